The summed E-state index contributed by atoms with van der Waals surface area (Å²) in [5.74, 6) is 0.648. The van der Waals surface area contributed by atoms with Gasteiger partial charge in [-0.15, -0.1) is 0 Å². The molecule has 23 heavy (non-hydrogen) atoms. The lowest BCUT2D eigenvalue weighted by molar-refractivity contribution is -0.127. The number of primary amides is 1. The van der Waals surface area contributed by atoms with Crippen molar-refractivity contribution >= 4 is 11.8 Å². The molecule has 0 radical (unpaired) electrons. The normalized spacial score (nSPS) is 27.3. The molecule has 1 heterocycles. The maximum Gasteiger partial charge on any atom is 0.239 e. The van der Waals surface area contributed by atoms with Gasteiger partial charge in [-0.1, -0.05) is 6.92 Å². The Bertz CT molecular complexity index is 587. The van der Waals surface area contributed by atoms with Crippen LogP contribution >= 0.6 is 0 Å². The van der Waals surface area contributed by atoms with Crippen molar-refractivity contribution in [2.75, 3.05) is 0 Å². The maximum atomic E-state index is 12.5. The van der Waals surface area contributed by atoms with Gasteiger partial charge < -0.3 is 11.1 Å². The number of nitrogens with two attached hydrogens (primary N) is 1. The Morgan fingerprint density at radius 2 is 2.04 bits per heavy atom. The highest BCUT2D eigenvalue weighted by Gasteiger charge is 2.29. The number of amides is 2. The largest absolute Gasteiger partial charge is 0.368 e. The minimum Gasteiger partial charge on any atom is -0.368 e. The van der Waals surface area contributed by atoms with E-state index in [1.807, 2.05) is 6.20 Å². The zero-order valence-corrected chi connectivity index (χ0v) is 13.8. The third-order valence-electron chi connectivity index (χ3n) is 5.16. The number of carbonyl (C=O) groups excluding carboxylic acids is 2. The predicted molar refractivity (Wildman–Crippen MR) is 86.4 cm³/mol. The summed E-state index contributed by atoms with van der Waals surface area (Å²) >= 11 is 0. The molecule has 0 aliphatic heterocycles. The SMILES string of the molecule is CC1CCC(C(=O)N[C@H]2CCCc3cn(CC(N)=O)nc32)CC1. The lowest BCUT2D eigenvalue weighted by Gasteiger charge is -2.28. The Hall–Kier alpha value is -1.85. The average molecular weight is 318 g/mol. The molecule has 1 saturated carbocycles. The van der Waals surface area contributed by atoms with E-state index in [4.69, 9.17) is 5.73 Å². The van der Waals surface area contributed by atoms with Crippen molar-refractivity contribution in [1.82, 2.24) is 15.1 Å². The number of aryl methyl sites for hydroxylation is 1. The van der Waals surface area contributed by atoms with Gasteiger partial charge in [-0.2, -0.15) is 5.10 Å². The lowest BCUT2D eigenvalue weighted by Crippen LogP contribution is -2.37. The highest BCUT2D eigenvalue weighted by Crippen LogP contribution is 2.31. The van der Waals surface area contributed by atoms with Crippen molar-refractivity contribution in [1.29, 1.82) is 0 Å². The highest BCUT2D eigenvalue weighted by molar-refractivity contribution is 5.79. The smallest absolute Gasteiger partial charge is 0.239 e. The number of nitrogens with one attached hydrogen (secondary N) is 1. The summed E-state index contributed by atoms with van der Waals surface area (Å²) in [6.07, 6.45) is 9.04. The summed E-state index contributed by atoms with van der Waals surface area (Å²) in [7, 11) is 0. The molecule has 2 aliphatic carbocycles. The van der Waals surface area contributed by atoms with Crippen LogP contribution in [0.5, 0.6) is 0 Å². The molecule has 126 valence electrons. The van der Waals surface area contributed by atoms with Gasteiger partial charge in [0.05, 0.1) is 11.7 Å². The molecule has 1 fully saturated rings. The minimum absolute atomic E-state index is 0.0280. The van der Waals surface area contributed by atoms with Crippen LogP contribution in [0.1, 0.15) is 62.7 Å². The Balaban J connectivity index is 1.66. The fourth-order valence-corrected chi connectivity index (χ4v) is 3.79. The van der Waals surface area contributed by atoms with Crippen LogP contribution in [0.25, 0.3) is 0 Å². The molecule has 1 aromatic rings. The van der Waals surface area contributed by atoms with Crippen LogP contribution in [-0.2, 0) is 22.6 Å². The second-order valence-corrected chi connectivity index (χ2v) is 7.11. The first-order valence-corrected chi connectivity index (χ1v) is 8.68. The molecule has 2 amide bonds. The van der Waals surface area contributed by atoms with Gasteiger partial charge in [0.1, 0.15) is 6.54 Å². The summed E-state index contributed by atoms with van der Waals surface area (Å²) in [5.41, 5.74) is 7.27. The number of nitrogens with zero attached hydrogens (tertiary/aromatic N) is 2. The standard InChI is InChI=1S/C17H26N4O2/c1-11-5-7-12(8-6-11)17(23)19-14-4-2-3-13-9-21(10-15(18)22)20-16(13)14/h9,11-12,14H,2-8,10H2,1H3,(H2,18,22)(H,19,23)/t11?,12?,14-/m0/s1. The van der Waals surface area contributed by atoms with Crippen LogP contribution in [0.3, 0.4) is 0 Å². The molecule has 0 spiro atoms. The predicted octanol–water partition coefficient (Wildman–Crippen LogP) is 1.69. The molecule has 2 aliphatic rings. The molecule has 1 atom stereocenters. The van der Waals surface area contributed by atoms with Crippen molar-refractivity contribution in [3.8, 4) is 0 Å². The number of rotatable bonds is 4. The molecule has 0 unspecified atom stereocenters. The van der Waals surface area contributed by atoms with E-state index in [2.05, 4.69) is 17.3 Å². The van der Waals surface area contributed by atoms with Crippen molar-refractivity contribution < 1.29 is 9.59 Å². The van der Waals surface area contributed by atoms with Crippen molar-refractivity contribution in [2.45, 2.75) is 64.5 Å². The number of hydrogen-bond acceptors (Lipinski definition) is 3. The van der Waals surface area contributed by atoms with Gasteiger partial charge in [-0.25, -0.2) is 0 Å². The fourth-order valence-electron chi connectivity index (χ4n) is 3.79. The fraction of sp³-hybridized carbons (Fsp3) is 0.706. The van der Waals surface area contributed by atoms with Gasteiger partial charge in [0.25, 0.3) is 0 Å². The van der Waals surface area contributed by atoms with E-state index in [-0.39, 0.29) is 24.4 Å². The molecule has 6 nitrogen and oxygen atoms in total. The van der Waals surface area contributed by atoms with Crippen molar-refractivity contribution in [3.63, 3.8) is 0 Å². The molecular weight excluding hydrogens is 292 g/mol. The Labute approximate surface area is 136 Å². The van der Waals surface area contributed by atoms with E-state index in [1.165, 1.54) is 0 Å². The van der Waals surface area contributed by atoms with Gasteiger partial charge in [-0.3, -0.25) is 14.3 Å². The Morgan fingerprint density at radius 1 is 1.30 bits per heavy atom. The van der Waals surface area contributed by atoms with Gasteiger partial charge in [0, 0.05) is 12.1 Å². The lowest BCUT2D eigenvalue weighted by atomic mass is 9.82. The van der Waals surface area contributed by atoms with E-state index >= 15 is 0 Å². The van der Waals surface area contributed by atoms with E-state index in [0.29, 0.717) is 0 Å². The van der Waals surface area contributed by atoms with Crippen molar-refractivity contribution in [2.24, 2.45) is 17.6 Å². The third-order valence-corrected chi connectivity index (χ3v) is 5.16. The molecule has 6 heteroatoms. The average Bonchev–Trinajstić information content (AvgIpc) is 2.90. The van der Waals surface area contributed by atoms with E-state index in [9.17, 15) is 9.59 Å². The van der Waals surface area contributed by atoms with Gasteiger partial charge in [0.15, 0.2) is 0 Å². The Morgan fingerprint density at radius 3 is 2.74 bits per heavy atom. The number of carbonyl (C=O) groups is 2. The number of hydrogen-bond donors (Lipinski definition) is 2. The molecule has 3 rings (SSSR count). The quantitative estimate of drug-likeness (QED) is 0.885. The maximum absolute atomic E-state index is 12.5. The molecule has 0 aromatic carbocycles. The first kappa shape index (κ1) is 16.0. The summed E-state index contributed by atoms with van der Waals surface area (Å²) < 4.78 is 1.60. The molecular formula is C17H26N4O2. The van der Waals surface area contributed by atoms with Gasteiger partial charge in [-0.05, 0) is 56.4 Å². The van der Waals surface area contributed by atoms with Gasteiger partial charge >= 0.3 is 0 Å². The molecule has 3 N–H and O–H groups in total. The monoisotopic (exact) mass is 318 g/mol. The zero-order chi connectivity index (χ0) is 16.4. The summed E-state index contributed by atoms with van der Waals surface area (Å²) in [6, 6.07) is -0.0280. The zero-order valence-electron chi connectivity index (χ0n) is 13.8. The Kier molecular flexibility index (Phi) is 4.68. The highest BCUT2D eigenvalue weighted by atomic mass is 16.2. The van der Waals surface area contributed by atoms with Crippen LogP contribution < -0.4 is 11.1 Å². The summed E-state index contributed by atoms with van der Waals surface area (Å²) in [4.78, 5) is 23.6. The third kappa shape index (κ3) is 3.74. The van der Waals surface area contributed by atoms with Crippen LogP contribution in [-0.4, -0.2) is 21.6 Å². The topological polar surface area (TPSA) is 90.0 Å². The molecule has 0 saturated heterocycles. The molecule has 1 aromatic heterocycles. The van der Waals surface area contributed by atoms with E-state index < -0.39 is 5.91 Å². The number of fused-ring (bicyclic) bond motifs is 1. The van der Waals surface area contributed by atoms with Crippen LogP contribution in [0, 0.1) is 11.8 Å². The van der Waals surface area contributed by atoms with Crippen LogP contribution in [0.15, 0.2) is 6.20 Å². The minimum atomic E-state index is -0.401. The molecule has 0 bridgehead atoms. The second-order valence-electron chi connectivity index (χ2n) is 7.11. The van der Waals surface area contributed by atoms with Crippen LogP contribution in [0.2, 0.25) is 0 Å². The first-order valence-electron chi connectivity index (χ1n) is 8.68. The van der Waals surface area contributed by atoms with Crippen LogP contribution in [0.4, 0.5) is 0 Å². The van der Waals surface area contributed by atoms with E-state index in [0.717, 1.165) is 62.1 Å². The first-order chi connectivity index (χ1) is 11.0. The van der Waals surface area contributed by atoms with Gasteiger partial charge in [0.2, 0.25) is 11.8 Å². The van der Waals surface area contributed by atoms with Crippen molar-refractivity contribution in [3.05, 3.63) is 17.5 Å². The number of aromatic nitrogens is 2. The van der Waals surface area contributed by atoms with E-state index in [1.54, 1.807) is 4.68 Å². The second kappa shape index (κ2) is 6.72. The summed E-state index contributed by atoms with van der Waals surface area (Å²) in [5, 5.41) is 7.68. The summed E-state index contributed by atoms with van der Waals surface area (Å²) in [6.45, 7) is 2.35.